The average molecular weight is 232 g/mol. The summed E-state index contributed by atoms with van der Waals surface area (Å²) in [6.45, 7) is 5.39. The predicted molar refractivity (Wildman–Crippen MR) is 68.5 cm³/mol. The Bertz CT molecular complexity index is 360. The van der Waals surface area contributed by atoms with Crippen LogP contribution in [0.25, 0.3) is 0 Å². The van der Waals surface area contributed by atoms with E-state index in [9.17, 15) is 4.79 Å². The largest absolute Gasteiger partial charge is 0.338 e. The van der Waals surface area contributed by atoms with Gasteiger partial charge in [0.25, 0.3) is 0 Å². The lowest BCUT2D eigenvalue weighted by atomic mass is 10.0. The first kappa shape index (κ1) is 12.1. The van der Waals surface area contributed by atoms with Crippen molar-refractivity contribution in [2.75, 3.05) is 19.6 Å². The molecule has 0 aromatic heterocycles. The molecule has 0 unspecified atom stereocenters. The minimum Gasteiger partial charge on any atom is -0.338 e. The lowest BCUT2D eigenvalue weighted by molar-refractivity contribution is -0.137. The first-order valence-electron chi connectivity index (χ1n) is 6.34. The van der Waals surface area contributed by atoms with Gasteiger partial charge in [-0.15, -0.1) is 0 Å². The number of carbonyl (C=O) groups excluding carboxylic acids is 1. The summed E-state index contributed by atoms with van der Waals surface area (Å²) in [5.74, 6) is 0.500. The molecule has 1 aromatic rings. The summed E-state index contributed by atoms with van der Waals surface area (Å²) in [6.07, 6.45) is 1.01. The molecule has 0 bridgehead atoms. The summed E-state index contributed by atoms with van der Waals surface area (Å²) in [4.78, 5) is 14.2. The Kier molecular flexibility index (Phi) is 4.15. The second kappa shape index (κ2) is 5.82. The number of hydrogen-bond donors (Lipinski definition) is 1. The van der Waals surface area contributed by atoms with E-state index in [1.807, 2.05) is 23.1 Å². The summed E-state index contributed by atoms with van der Waals surface area (Å²) in [6, 6.07) is 10.2. The van der Waals surface area contributed by atoms with Crippen molar-refractivity contribution in [1.82, 2.24) is 10.2 Å². The number of nitrogens with one attached hydrogen (secondary N) is 1. The zero-order chi connectivity index (χ0) is 12.1. The van der Waals surface area contributed by atoms with Gasteiger partial charge in [-0.2, -0.15) is 0 Å². The first-order valence-corrected chi connectivity index (χ1v) is 6.34. The first-order chi connectivity index (χ1) is 8.31. The van der Waals surface area contributed by atoms with Gasteiger partial charge in [-0.3, -0.25) is 4.79 Å². The highest BCUT2D eigenvalue weighted by Gasteiger charge is 2.28. The maximum atomic E-state index is 12.2. The Balaban J connectivity index is 1.99. The Morgan fingerprint density at radius 2 is 2.06 bits per heavy atom. The topological polar surface area (TPSA) is 32.3 Å². The molecule has 17 heavy (non-hydrogen) atoms. The lowest BCUT2D eigenvalue weighted by Crippen LogP contribution is -2.52. The molecule has 1 aliphatic heterocycles. The van der Waals surface area contributed by atoms with Crippen LogP contribution in [0.3, 0.4) is 0 Å². The van der Waals surface area contributed by atoms with Crippen LogP contribution in [0.2, 0.25) is 0 Å². The van der Waals surface area contributed by atoms with Crippen LogP contribution >= 0.6 is 0 Å². The smallest absolute Gasteiger partial charge is 0.228 e. The van der Waals surface area contributed by atoms with E-state index in [0.29, 0.717) is 5.91 Å². The number of hydrogen-bond acceptors (Lipinski definition) is 2. The summed E-state index contributed by atoms with van der Waals surface area (Å²) in [5, 5.41) is 3.16. The fourth-order valence-corrected chi connectivity index (χ4v) is 2.06. The van der Waals surface area contributed by atoms with E-state index < -0.39 is 0 Å². The third kappa shape index (κ3) is 3.07. The summed E-state index contributed by atoms with van der Waals surface area (Å²) in [5.41, 5.74) is 1.21. The highest BCUT2D eigenvalue weighted by atomic mass is 16.2. The highest BCUT2D eigenvalue weighted by molar-refractivity contribution is 5.80. The fraction of sp³-hybridized carbons (Fsp3) is 0.500. The van der Waals surface area contributed by atoms with Gasteiger partial charge in [-0.05, 0) is 12.0 Å². The molecular weight excluding hydrogens is 212 g/mol. The van der Waals surface area contributed by atoms with Gasteiger partial charge in [0.1, 0.15) is 0 Å². The van der Waals surface area contributed by atoms with Gasteiger partial charge in [-0.25, -0.2) is 0 Å². The second-order valence-electron chi connectivity index (χ2n) is 4.60. The van der Waals surface area contributed by atoms with E-state index in [0.717, 1.165) is 32.6 Å². The second-order valence-corrected chi connectivity index (χ2v) is 4.60. The number of amides is 1. The molecule has 3 heteroatoms. The molecular formula is C14H20N2O. The van der Waals surface area contributed by atoms with Crippen molar-refractivity contribution in [3.8, 4) is 0 Å². The van der Waals surface area contributed by atoms with Crippen LogP contribution in [0.4, 0.5) is 0 Å². The Morgan fingerprint density at radius 1 is 1.35 bits per heavy atom. The fourth-order valence-electron chi connectivity index (χ4n) is 2.06. The highest BCUT2D eigenvalue weighted by Crippen LogP contribution is 2.12. The number of carbonyl (C=O) groups is 1. The molecule has 0 atom stereocenters. The summed E-state index contributed by atoms with van der Waals surface area (Å²) >= 11 is 0. The Hall–Kier alpha value is -1.35. The van der Waals surface area contributed by atoms with Crippen LogP contribution in [0.1, 0.15) is 18.9 Å². The van der Waals surface area contributed by atoms with Gasteiger partial charge in [0, 0.05) is 26.2 Å². The lowest BCUT2D eigenvalue weighted by Gasteiger charge is -2.32. The average Bonchev–Trinajstić information content (AvgIpc) is 2.27. The molecule has 0 spiro atoms. The predicted octanol–water partition coefficient (Wildman–Crippen LogP) is 1.64. The van der Waals surface area contributed by atoms with Crippen LogP contribution in [0, 0.1) is 5.92 Å². The van der Waals surface area contributed by atoms with Gasteiger partial charge in [-0.1, -0.05) is 37.3 Å². The normalized spacial score (nSPS) is 15.4. The zero-order valence-corrected chi connectivity index (χ0v) is 10.4. The minimum absolute atomic E-state index is 0.199. The molecule has 0 aliphatic carbocycles. The van der Waals surface area contributed by atoms with E-state index >= 15 is 0 Å². The molecule has 1 amide bonds. The Morgan fingerprint density at radius 3 is 2.59 bits per heavy atom. The van der Waals surface area contributed by atoms with Crippen LogP contribution in [-0.2, 0) is 11.3 Å². The molecule has 3 nitrogen and oxygen atoms in total. The molecule has 1 fully saturated rings. The maximum Gasteiger partial charge on any atom is 0.228 e. The van der Waals surface area contributed by atoms with Crippen LogP contribution in [0.15, 0.2) is 30.3 Å². The summed E-state index contributed by atoms with van der Waals surface area (Å²) < 4.78 is 0. The molecule has 1 heterocycles. The van der Waals surface area contributed by atoms with Crippen molar-refractivity contribution < 1.29 is 4.79 Å². The molecule has 1 aromatic carbocycles. The van der Waals surface area contributed by atoms with Crippen molar-refractivity contribution in [3.05, 3.63) is 35.9 Å². The standard InChI is InChI=1S/C14H20N2O/c1-2-8-16(14(17)13-9-15-10-13)11-12-6-4-3-5-7-12/h3-7,13,15H,2,8-11H2,1H3. The van der Waals surface area contributed by atoms with Crippen LogP contribution in [-0.4, -0.2) is 30.4 Å². The molecule has 1 saturated heterocycles. The Labute approximate surface area is 103 Å². The number of benzene rings is 1. The monoisotopic (exact) mass is 232 g/mol. The van der Waals surface area contributed by atoms with E-state index in [1.54, 1.807) is 0 Å². The number of rotatable bonds is 5. The van der Waals surface area contributed by atoms with E-state index in [1.165, 1.54) is 5.56 Å². The van der Waals surface area contributed by atoms with Crippen molar-refractivity contribution >= 4 is 5.91 Å². The molecule has 92 valence electrons. The van der Waals surface area contributed by atoms with Crippen molar-refractivity contribution in [2.45, 2.75) is 19.9 Å². The minimum atomic E-state index is 0.199. The summed E-state index contributed by atoms with van der Waals surface area (Å²) in [7, 11) is 0. The molecule has 2 rings (SSSR count). The van der Waals surface area contributed by atoms with Gasteiger partial charge < -0.3 is 10.2 Å². The molecule has 0 radical (unpaired) electrons. The van der Waals surface area contributed by atoms with Crippen molar-refractivity contribution in [1.29, 1.82) is 0 Å². The van der Waals surface area contributed by atoms with Gasteiger partial charge in [0.05, 0.1) is 5.92 Å². The van der Waals surface area contributed by atoms with E-state index in [-0.39, 0.29) is 5.92 Å². The van der Waals surface area contributed by atoms with Gasteiger partial charge in [0.2, 0.25) is 5.91 Å². The number of nitrogens with zero attached hydrogens (tertiary/aromatic N) is 1. The molecule has 1 N–H and O–H groups in total. The third-order valence-corrected chi connectivity index (χ3v) is 3.15. The van der Waals surface area contributed by atoms with Crippen LogP contribution < -0.4 is 5.32 Å². The molecule has 1 aliphatic rings. The zero-order valence-electron chi connectivity index (χ0n) is 10.4. The van der Waals surface area contributed by atoms with Gasteiger partial charge in [0.15, 0.2) is 0 Å². The molecule has 0 saturated carbocycles. The third-order valence-electron chi connectivity index (χ3n) is 3.15. The quantitative estimate of drug-likeness (QED) is 0.837. The maximum absolute atomic E-state index is 12.2. The van der Waals surface area contributed by atoms with Gasteiger partial charge >= 0.3 is 0 Å². The van der Waals surface area contributed by atoms with Crippen molar-refractivity contribution in [3.63, 3.8) is 0 Å². The SMILES string of the molecule is CCCN(Cc1ccccc1)C(=O)C1CNC1. The van der Waals surface area contributed by atoms with Crippen molar-refractivity contribution in [2.24, 2.45) is 5.92 Å². The van der Waals surface area contributed by atoms with E-state index in [2.05, 4.69) is 24.4 Å². The van der Waals surface area contributed by atoms with E-state index in [4.69, 9.17) is 0 Å². The van der Waals surface area contributed by atoms with Crippen LogP contribution in [0.5, 0.6) is 0 Å².